The molecule has 0 bridgehead atoms. The molecule has 0 fully saturated rings. The quantitative estimate of drug-likeness (QED) is 0.241. The van der Waals surface area contributed by atoms with Crippen molar-refractivity contribution >= 4 is 47.3 Å². The Bertz CT molecular complexity index is 1260. The molecule has 0 aromatic heterocycles. The Morgan fingerprint density at radius 1 is 0.943 bits per heavy atom. The molecule has 35 heavy (non-hydrogen) atoms. The highest BCUT2D eigenvalue weighted by Crippen LogP contribution is 2.31. The number of aliphatic carboxylic acids is 1. The number of ether oxygens (including phenoxy) is 2. The Morgan fingerprint density at radius 2 is 1.60 bits per heavy atom. The number of hydrogen-bond acceptors (Lipinski definition) is 4. The molecule has 1 atom stereocenters. The largest absolute Gasteiger partial charge is 0.488 e. The fraction of sp³-hybridized carbons (Fsp3) is 0.143. The third-order valence-electron chi connectivity index (χ3n) is 5.12. The molecule has 1 N–H and O–H groups in total. The minimum atomic E-state index is -1.07. The van der Waals surface area contributed by atoms with E-state index in [2.05, 4.69) is 0 Å². The summed E-state index contributed by atoms with van der Waals surface area (Å²) in [4.78, 5) is 22.8. The van der Waals surface area contributed by atoms with Crippen molar-refractivity contribution in [2.75, 3.05) is 0 Å². The molecule has 0 aliphatic carbocycles. The molecule has 5 nitrogen and oxygen atoms in total. The van der Waals surface area contributed by atoms with Crippen LogP contribution < -0.4 is 4.74 Å². The van der Waals surface area contributed by atoms with Crippen molar-refractivity contribution in [3.05, 3.63) is 111 Å². The maximum atomic E-state index is 11.8. The number of aryl methyl sites for hydroxylation is 1. The lowest BCUT2D eigenvalue weighted by Gasteiger charge is -2.17. The van der Waals surface area contributed by atoms with E-state index in [1.54, 1.807) is 48.5 Å². The molecular formula is C28H24Cl2O5. The molecule has 0 aliphatic heterocycles. The SMILES string of the molecule is CC(=O)OC(C=Cc1cccc(C)c1OCc1c(Cl)cccc1Cl)c1ccccc1C=CC(=O)O. The van der Waals surface area contributed by atoms with Crippen molar-refractivity contribution in [2.24, 2.45) is 0 Å². The second-order valence-electron chi connectivity index (χ2n) is 7.67. The summed E-state index contributed by atoms with van der Waals surface area (Å²) in [5.74, 6) is -0.898. The molecule has 0 saturated carbocycles. The van der Waals surface area contributed by atoms with Crippen LogP contribution in [0.2, 0.25) is 10.0 Å². The first-order valence-electron chi connectivity index (χ1n) is 10.8. The van der Waals surface area contributed by atoms with Crippen molar-refractivity contribution in [3.63, 3.8) is 0 Å². The highest BCUT2D eigenvalue weighted by molar-refractivity contribution is 6.35. The van der Waals surface area contributed by atoms with Gasteiger partial charge in [0.15, 0.2) is 0 Å². The van der Waals surface area contributed by atoms with Crippen LogP contribution in [0, 0.1) is 6.92 Å². The number of hydrogen-bond donors (Lipinski definition) is 1. The number of esters is 1. The molecular weight excluding hydrogens is 487 g/mol. The average molecular weight is 511 g/mol. The summed E-state index contributed by atoms with van der Waals surface area (Å²) in [6.45, 7) is 3.43. The zero-order chi connectivity index (χ0) is 25.4. The lowest BCUT2D eigenvalue weighted by molar-refractivity contribution is -0.144. The summed E-state index contributed by atoms with van der Waals surface area (Å²) < 4.78 is 11.7. The van der Waals surface area contributed by atoms with E-state index in [9.17, 15) is 9.59 Å². The molecule has 0 aliphatic rings. The van der Waals surface area contributed by atoms with Crippen LogP contribution in [0.4, 0.5) is 0 Å². The Labute approximate surface area is 214 Å². The Balaban J connectivity index is 1.94. The van der Waals surface area contributed by atoms with E-state index in [1.807, 2.05) is 31.2 Å². The summed E-state index contributed by atoms with van der Waals surface area (Å²) in [5.41, 5.74) is 3.63. The van der Waals surface area contributed by atoms with Gasteiger partial charge in [-0.1, -0.05) is 77.8 Å². The molecule has 3 aromatic carbocycles. The number of para-hydroxylation sites is 1. The fourth-order valence-electron chi connectivity index (χ4n) is 3.48. The normalized spacial score (nSPS) is 12.1. The summed E-state index contributed by atoms with van der Waals surface area (Å²) in [7, 11) is 0. The molecule has 0 radical (unpaired) electrons. The first-order valence-corrected chi connectivity index (χ1v) is 11.5. The first kappa shape index (κ1) is 26.1. The molecule has 0 saturated heterocycles. The van der Waals surface area contributed by atoms with E-state index >= 15 is 0 Å². The molecule has 3 aromatic rings. The molecule has 7 heteroatoms. The molecule has 180 valence electrons. The summed E-state index contributed by atoms with van der Waals surface area (Å²) >= 11 is 12.6. The van der Waals surface area contributed by atoms with Crippen molar-refractivity contribution in [3.8, 4) is 5.75 Å². The van der Waals surface area contributed by atoms with E-state index in [0.29, 0.717) is 32.5 Å². The van der Waals surface area contributed by atoms with Crippen LogP contribution in [0.5, 0.6) is 5.75 Å². The highest BCUT2D eigenvalue weighted by Gasteiger charge is 2.16. The second-order valence-corrected chi connectivity index (χ2v) is 8.49. The molecule has 0 amide bonds. The minimum absolute atomic E-state index is 0.181. The minimum Gasteiger partial charge on any atom is -0.488 e. The van der Waals surface area contributed by atoms with Crippen LogP contribution in [0.3, 0.4) is 0 Å². The van der Waals surface area contributed by atoms with Crippen molar-refractivity contribution in [2.45, 2.75) is 26.6 Å². The van der Waals surface area contributed by atoms with Gasteiger partial charge in [-0.25, -0.2) is 4.79 Å². The number of carbonyl (C=O) groups is 2. The van der Waals surface area contributed by atoms with Gasteiger partial charge in [-0.3, -0.25) is 4.79 Å². The van der Waals surface area contributed by atoms with Gasteiger partial charge in [0, 0.05) is 39.7 Å². The molecule has 1 unspecified atom stereocenters. The zero-order valence-electron chi connectivity index (χ0n) is 19.2. The van der Waals surface area contributed by atoms with Crippen molar-refractivity contribution in [1.82, 2.24) is 0 Å². The van der Waals surface area contributed by atoms with Crippen LogP contribution in [0.1, 0.15) is 40.8 Å². The van der Waals surface area contributed by atoms with E-state index in [0.717, 1.165) is 17.2 Å². The van der Waals surface area contributed by atoms with E-state index < -0.39 is 18.0 Å². The Kier molecular flexibility index (Phi) is 9.12. The predicted molar refractivity (Wildman–Crippen MR) is 139 cm³/mol. The van der Waals surface area contributed by atoms with Gasteiger partial charge in [0.1, 0.15) is 18.5 Å². The number of carbonyl (C=O) groups excluding carboxylic acids is 1. The summed E-state index contributed by atoms with van der Waals surface area (Å²) in [6.07, 6.45) is 5.31. The Morgan fingerprint density at radius 3 is 2.29 bits per heavy atom. The monoisotopic (exact) mass is 510 g/mol. The third-order valence-corrected chi connectivity index (χ3v) is 5.82. The van der Waals surface area contributed by atoms with Gasteiger partial charge in [-0.05, 0) is 42.3 Å². The summed E-state index contributed by atoms with van der Waals surface area (Å²) in [5, 5.41) is 10.0. The van der Waals surface area contributed by atoms with Gasteiger partial charge in [0.05, 0.1) is 0 Å². The van der Waals surface area contributed by atoms with Crippen LogP contribution in [-0.4, -0.2) is 17.0 Å². The predicted octanol–water partition coefficient (Wildman–Crippen LogP) is 7.30. The number of carboxylic acid groups (broad SMARTS) is 1. The van der Waals surface area contributed by atoms with Gasteiger partial charge in [0.2, 0.25) is 0 Å². The van der Waals surface area contributed by atoms with E-state index in [-0.39, 0.29) is 6.61 Å². The number of halogens is 2. The summed E-state index contributed by atoms with van der Waals surface area (Å²) in [6, 6.07) is 18.1. The smallest absolute Gasteiger partial charge is 0.328 e. The van der Waals surface area contributed by atoms with Gasteiger partial charge < -0.3 is 14.6 Å². The Hall–Kier alpha value is -3.54. The maximum absolute atomic E-state index is 11.8. The van der Waals surface area contributed by atoms with Gasteiger partial charge in [-0.15, -0.1) is 0 Å². The van der Waals surface area contributed by atoms with Crippen molar-refractivity contribution in [1.29, 1.82) is 0 Å². The number of benzene rings is 3. The maximum Gasteiger partial charge on any atom is 0.328 e. The van der Waals surface area contributed by atoms with Crippen LogP contribution >= 0.6 is 23.2 Å². The van der Waals surface area contributed by atoms with E-state index in [1.165, 1.54) is 13.0 Å². The van der Waals surface area contributed by atoms with Crippen molar-refractivity contribution < 1.29 is 24.2 Å². The van der Waals surface area contributed by atoms with Gasteiger partial charge in [-0.2, -0.15) is 0 Å². The lowest BCUT2D eigenvalue weighted by atomic mass is 10.00. The first-order chi connectivity index (χ1) is 16.8. The third kappa shape index (κ3) is 7.22. The standard InChI is InChI=1S/C28H24Cl2O5/c1-18-7-5-9-21(28(18)34-17-23-24(29)11-6-12-25(23)30)13-15-26(35-19(2)31)22-10-4-3-8-20(22)14-16-27(32)33/h3-16,26H,17H2,1-2H3,(H,32,33). The molecule has 0 heterocycles. The highest BCUT2D eigenvalue weighted by atomic mass is 35.5. The topological polar surface area (TPSA) is 72.8 Å². The fourth-order valence-corrected chi connectivity index (χ4v) is 3.98. The second kappa shape index (κ2) is 12.2. The van der Waals surface area contributed by atoms with Crippen LogP contribution in [0.15, 0.2) is 72.8 Å². The zero-order valence-corrected chi connectivity index (χ0v) is 20.7. The van der Waals surface area contributed by atoms with Gasteiger partial charge in [0.25, 0.3) is 0 Å². The number of rotatable bonds is 9. The average Bonchev–Trinajstić information content (AvgIpc) is 2.81. The number of carboxylic acids is 1. The molecule has 0 spiro atoms. The van der Waals surface area contributed by atoms with E-state index in [4.69, 9.17) is 37.8 Å². The van der Waals surface area contributed by atoms with Gasteiger partial charge >= 0.3 is 11.9 Å². The van der Waals surface area contributed by atoms with Crippen LogP contribution in [0.25, 0.3) is 12.2 Å². The molecule has 3 rings (SSSR count). The van der Waals surface area contributed by atoms with Crippen LogP contribution in [-0.2, 0) is 20.9 Å². The lowest BCUT2D eigenvalue weighted by Crippen LogP contribution is -2.08.